The number of nitrogens with zero attached hydrogens (tertiary/aromatic N) is 1. The third-order valence-corrected chi connectivity index (χ3v) is 4.59. The molecule has 0 aromatic heterocycles. The van der Waals surface area contributed by atoms with E-state index in [1.54, 1.807) is 25.7 Å². The molecule has 2 nitrogen and oxygen atoms in total. The van der Waals surface area contributed by atoms with Gasteiger partial charge in [-0.1, -0.05) is 6.42 Å². The second-order valence-electron chi connectivity index (χ2n) is 5.49. The van der Waals surface area contributed by atoms with Gasteiger partial charge in [0.05, 0.1) is 0 Å². The molecule has 0 radical (unpaired) electrons. The Bertz CT molecular complexity index is 198. The summed E-state index contributed by atoms with van der Waals surface area (Å²) in [5, 5.41) is 3.43. The minimum absolute atomic E-state index is 1.06. The fraction of sp³-hybridized carbons (Fsp3) is 1.00. The molecule has 1 saturated heterocycles. The summed E-state index contributed by atoms with van der Waals surface area (Å²) in [5.41, 5.74) is 0. The maximum absolute atomic E-state index is 3.43. The third kappa shape index (κ3) is 1.70. The van der Waals surface area contributed by atoms with Gasteiger partial charge in [-0.05, 0) is 37.0 Å². The molecule has 2 aliphatic carbocycles. The van der Waals surface area contributed by atoms with Crippen molar-refractivity contribution in [3.8, 4) is 0 Å². The number of hydrogen-bond donors (Lipinski definition) is 1. The quantitative estimate of drug-likeness (QED) is 0.713. The van der Waals surface area contributed by atoms with Gasteiger partial charge in [-0.2, -0.15) is 0 Å². The van der Waals surface area contributed by atoms with Crippen LogP contribution in [0.25, 0.3) is 0 Å². The molecule has 0 aromatic carbocycles. The van der Waals surface area contributed by atoms with E-state index in [9.17, 15) is 0 Å². The summed E-state index contributed by atoms with van der Waals surface area (Å²) in [5.74, 6) is 3.29. The van der Waals surface area contributed by atoms with E-state index in [1.807, 2.05) is 0 Å². The van der Waals surface area contributed by atoms with E-state index < -0.39 is 0 Å². The third-order valence-electron chi connectivity index (χ3n) is 4.59. The molecule has 3 atom stereocenters. The van der Waals surface area contributed by atoms with Gasteiger partial charge in [0.15, 0.2) is 0 Å². The van der Waals surface area contributed by atoms with Gasteiger partial charge in [0.2, 0.25) is 0 Å². The second kappa shape index (κ2) is 3.82. The van der Waals surface area contributed by atoms with Gasteiger partial charge in [0.1, 0.15) is 0 Å². The highest BCUT2D eigenvalue weighted by atomic mass is 15.2. The summed E-state index contributed by atoms with van der Waals surface area (Å²) in [6.45, 7) is 6.40. The van der Waals surface area contributed by atoms with E-state index in [2.05, 4.69) is 10.2 Å². The highest BCUT2D eigenvalue weighted by molar-refractivity contribution is 4.91. The number of rotatable bonds is 2. The van der Waals surface area contributed by atoms with E-state index in [-0.39, 0.29) is 0 Å². The van der Waals surface area contributed by atoms with Crippen molar-refractivity contribution in [1.29, 1.82) is 0 Å². The molecule has 3 fully saturated rings. The van der Waals surface area contributed by atoms with Gasteiger partial charge in [-0.3, -0.25) is 0 Å². The van der Waals surface area contributed by atoms with E-state index in [1.165, 1.54) is 32.7 Å². The molecule has 3 rings (SSSR count). The Morgan fingerprint density at radius 1 is 1.07 bits per heavy atom. The fourth-order valence-corrected chi connectivity index (χ4v) is 3.83. The van der Waals surface area contributed by atoms with Crippen LogP contribution in [0.5, 0.6) is 0 Å². The summed E-state index contributed by atoms with van der Waals surface area (Å²) in [4.78, 5) is 2.68. The van der Waals surface area contributed by atoms with Crippen molar-refractivity contribution in [2.75, 3.05) is 32.7 Å². The van der Waals surface area contributed by atoms with E-state index in [0.717, 1.165) is 17.8 Å². The van der Waals surface area contributed by atoms with Crippen LogP contribution in [0, 0.1) is 17.8 Å². The smallest absolute Gasteiger partial charge is 0.0107 e. The first-order valence-corrected chi connectivity index (χ1v) is 6.35. The van der Waals surface area contributed by atoms with Crippen LogP contribution in [0.15, 0.2) is 0 Å². The Morgan fingerprint density at radius 2 is 1.93 bits per heavy atom. The van der Waals surface area contributed by atoms with E-state index >= 15 is 0 Å². The summed E-state index contributed by atoms with van der Waals surface area (Å²) in [7, 11) is 0. The number of piperazine rings is 1. The van der Waals surface area contributed by atoms with Crippen LogP contribution in [-0.2, 0) is 0 Å². The van der Waals surface area contributed by atoms with E-state index in [0.29, 0.717) is 0 Å². The van der Waals surface area contributed by atoms with Gasteiger partial charge < -0.3 is 10.2 Å². The van der Waals surface area contributed by atoms with Crippen molar-refractivity contribution in [2.24, 2.45) is 17.8 Å². The average Bonchev–Trinajstić information content (AvgIpc) is 2.81. The van der Waals surface area contributed by atoms with Crippen LogP contribution in [0.2, 0.25) is 0 Å². The van der Waals surface area contributed by atoms with Gasteiger partial charge in [-0.25, -0.2) is 0 Å². The molecule has 14 heavy (non-hydrogen) atoms. The van der Waals surface area contributed by atoms with Crippen molar-refractivity contribution in [1.82, 2.24) is 10.2 Å². The zero-order chi connectivity index (χ0) is 9.38. The first-order chi connectivity index (χ1) is 6.92. The Labute approximate surface area is 87.0 Å². The highest BCUT2D eigenvalue weighted by Gasteiger charge is 2.39. The Hall–Kier alpha value is -0.0800. The number of hydrogen-bond acceptors (Lipinski definition) is 2. The largest absolute Gasteiger partial charge is 0.314 e. The van der Waals surface area contributed by atoms with Crippen LogP contribution < -0.4 is 5.32 Å². The lowest BCUT2D eigenvalue weighted by molar-refractivity contribution is 0.173. The van der Waals surface area contributed by atoms with Crippen LogP contribution in [0.4, 0.5) is 0 Å². The zero-order valence-electron chi connectivity index (χ0n) is 9.04. The molecule has 0 amide bonds. The predicted molar refractivity (Wildman–Crippen MR) is 58.2 cm³/mol. The zero-order valence-corrected chi connectivity index (χ0v) is 9.04. The van der Waals surface area contributed by atoms with Crippen molar-refractivity contribution in [3.63, 3.8) is 0 Å². The standard InChI is InChI=1S/C12H22N2/c1-2-11-7-10(1)8-12(11)9-14-5-3-13-4-6-14/h10-13H,1-9H2. The maximum Gasteiger partial charge on any atom is 0.0107 e. The molecule has 3 aliphatic rings. The lowest BCUT2D eigenvalue weighted by Gasteiger charge is -2.32. The van der Waals surface area contributed by atoms with Crippen molar-refractivity contribution in [2.45, 2.75) is 25.7 Å². The highest BCUT2D eigenvalue weighted by Crippen LogP contribution is 2.48. The average molecular weight is 194 g/mol. The molecule has 0 aromatic rings. The number of nitrogens with one attached hydrogen (secondary N) is 1. The van der Waals surface area contributed by atoms with Crippen LogP contribution in [0.1, 0.15) is 25.7 Å². The molecule has 80 valence electrons. The van der Waals surface area contributed by atoms with Gasteiger partial charge in [0.25, 0.3) is 0 Å². The first-order valence-electron chi connectivity index (χ1n) is 6.35. The normalized spacial score (nSPS) is 43.3. The molecule has 1 N–H and O–H groups in total. The van der Waals surface area contributed by atoms with Crippen LogP contribution in [0.3, 0.4) is 0 Å². The van der Waals surface area contributed by atoms with Gasteiger partial charge in [0, 0.05) is 32.7 Å². The molecular weight excluding hydrogens is 172 g/mol. The maximum atomic E-state index is 3.43. The Balaban J connectivity index is 1.52. The first kappa shape index (κ1) is 9.17. The summed E-state index contributed by atoms with van der Waals surface area (Å²) < 4.78 is 0. The predicted octanol–water partition coefficient (Wildman–Crippen LogP) is 1.33. The molecular formula is C12H22N2. The summed E-state index contributed by atoms with van der Waals surface area (Å²) in [6.07, 6.45) is 6.20. The van der Waals surface area contributed by atoms with Crippen LogP contribution >= 0.6 is 0 Å². The molecule has 2 heteroatoms. The fourth-order valence-electron chi connectivity index (χ4n) is 3.83. The SMILES string of the molecule is C1CN(CC2CC3CCC2C3)CCN1. The summed E-state index contributed by atoms with van der Waals surface area (Å²) >= 11 is 0. The molecule has 1 heterocycles. The van der Waals surface area contributed by atoms with Crippen molar-refractivity contribution in [3.05, 3.63) is 0 Å². The van der Waals surface area contributed by atoms with Crippen LogP contribution in [-0.4, -0.2) is 37.6 Å². The van der Waals surface area contributed by atoms with Gasteiger partial charge in [-0.15, -0.1) is 0 Å². The minimum atomic E-state index is 1.06. The molecule has 0 spiro atoms. The van der Waals surface area contributed by atoms with Crippen molar-refractivity contribution < 1.29 is 0 Å². The topological polar surface area (TPSA) is 15.3 Å². The minimum Gasteiger partial charge on any atom is -0.314 e. The molecule has 1 aliphatic heterocycles. The number of fused-ring (bicyclic) bond motifs is 2. The molecule has 2 bridgehead atoms. The van der Waals surface area contributed by atoms with E-state index in [4.69, 9.17) is 0 Å². The lowest BCUT2D eigenvalue weighted by Crippen LogP contribution is -2.45. The Morgan fingerprint density at radius 3 is 2.57 bits per heavy atom. The lowest BCUT2D eigenvalue weighted by atomic mass is 9.88. The molecule has 2 saturated carbocycles. The van der Waals surface area contributed by atoms with Crippen molar-refractivity contribution >= 4 is 0 Å². The molecule has 3 unspecified atom stereocenters. The monoisotopic (exact) mass is 194 g/mol. The van der Waals surface area contributed by atoms with Gasteiger partial charge >= 0.3 is 0 Å². The second-order valence-corrected chi connectivity index (χ2v) is 5.49. The summed E-state index contributed by atoms with van der Waals surface area (Å²) in [6, 6.07) is 0. The Kier molecular flexibility index (Phi) is 2.50.